The van der Waals surface area contributed by atoms with Crippen LogP contribution in [0.5, 0.6) is 0 Å². The lowest BCUT2D eigenvalue weighted by atomic mass is 10.1. The van der Waals surface area contributed by atoms with Crippen LogP contribution in [0.1, 0.15) is 23.0 Å². The lowest BCUT2D eigenvalue weighted by Gasteiger charge is -2.15. The first-order chi connectivity index (χ1) is 14.6. The van der Waals surface area contributed by atoms with Gasteiger partial charge >= 0.3 is 5.97 Å². The van der Waals surface area contributed by atoms with E-state index >= 15 is 0 Å². The molecule has 0 fully saturated rings. The van der Waals surface area contributed by atoms with E-state index in [2.05, 4.69) is 30.6 Å². The zero-order valence-corrected chi connectivity index (χ0v) is 16.0. The van der Waals surface area contributed by atoms with Crippen molar-refractivity contribution in [2.45, 2.75) is 19.6 Å². The van der Waals surface area contributed by atoms with Crippen molar-refractivity contribution in [2.24, 2.45) is 0 Å². The molecule has 0 aliphatic heterocycles. The van der Waals surface area contributed by atoms with Crippen LogP contribution in [0.3, 0.4) is 0 Å². The third-order valence-corrected chi connectivity index (χ3v) is 4.30. The number of carbonyl (C=O) groups is 2. The lowest BCUT2D eigenvalue weighted by molar-refractivity contribution is -0.123. The summed E-state index contributed by atoms with van der Waals surface area (Å²) in [5.41, 5.74) is 1.78. The molecule has 0 aliphatic carbocycles. The van der Waals surface area contributed by atoms with E-state index in [9.17, 15) is 9.59 Å². The maximum Gasteiger partial charge on any atom is 0.341 e. The van der Waals surface area contributed by atoms with E-state index in [1.807, 2.05) is 6.07 Å². The van der Waals surface area contributed by atoms with Crippen molar-refractivity contribution in [2.75, 3.05) is 10.6 Å². The molecule has 4 rings (SSSR count). The van der Waals surface area contributed by atoms with Crippen LogP contribution in [0.4, 0.5) is 11.5 Å². The SMILES string of the molecule is C[C@@H](OC(=O)c1ccccc1NCc1ccco1)C(=O)Nc1ncnc2nc[nH]c12. The molecule has 10 heteroatoms. The smallest absolute Gasteiger partial charge is 0.341 e. The molecule has 0 spiro atoms. The molecule has 152 valence electrons. The molecule has 1 amide bonds. The molecule has 4 aromatic rings. The number of hydrogen-bond acceptors (Lipinski definition) is 8. The highest BCUT2D eigenvalue weighted by atomic mass is 16.5. The monoisotopic (exact) mass is 406 g/mol. The second kappa shape index (κ2) is 8.43. The number of nitrogens with one attached hydrogen (secondary N) is 3. The number of aromatic nitrogens is 4. The number of nitrogens with zero attached hydrogens (tertiary/aromatic N) is 3. The largest absolute Gasteiger partial charge is 0.467 e. The van der Waals surface area contributed by atoms with E-state index in [1.54, 1.807) is 36.6 Å². The van der Waals surface area contributed by atoms with Gasteiger partial charge in [0.2, 0.25) is 0 Å². The number of ether oxygens (including phenoxy) is 1. The number of para-hydroxylation sites is 1. The number of H-pyrrole nitrogens is 1. The van der Waals surface area contributed by atoms with Gasteiger partial charge in [0.25, 0.3) is 5.91 Å². The van der Waals surface area contributed by atoms with Gasteiger partial charge in [-0.1, -0.05) is 12.1 Å². The van der Waals surface area contributed by atoms with Crippen molar-refractivity contribution in [3.63, 3.8) is 0 Å². The van der Waals surface area contributed by atoms with E-state index in [-0.39, 0.29) is 5.82 Å². The van der Waals surface area contributed by atoms with Gasteiger partial charge in [-0.3, -0.25) is 4.79 Å². The first-order valence-electron chi connectivity index (χ1n) is 9.13. The summed E-state index contributed by atoms with van der Waals surface area (Å²) < 4.78 is 10.6. The Labute approximate surface area is 170 Å². The molecule has 0 unspecified atom stereocenters. The fourth-order valence-corrected chi connectivity index (χ4v) is 2.77. The van der Waals surface area contributed by atoms with Crippen molar-refractivity contribution in [1.82, 2.24) is 19.9 Å². The van der Waals surface area contributed by atoms with E-state index < -0.39 is 18.0 Å². The summed E-state index contributed by atoms with van der Waals surface area (Å²) in [6, 6.07) is 10.5. The van der Waals surface area contributed by atoms with Crippen LogP contribution in [0.2, 0.25) is 0 Å². The van der Waals surface area contributed by atoms with Crippen LogP contribution in [0.15, 0.2) is 59.7 Å². The highest BCUT2D eigenvalue weighted by Gasteiger charge is 2.22. The van der Waals surface area contributed by atoms with Crippen molar-refractivity contribution in [3.8, 4) is 0 Å². The summed E-state index contributed by atoms with van der Waals surface area (Å²) in [5, 5.41) is 5.75. The van der Waals surface area contributed by atoms with Gasteiger partial charge in [0.1, 0.15) is 17.6 Å². The number of carbonyl (C=O) groups excluding carboxylic acids is 2. The number of aromatic amines is 1. The van der Waals surface area contributed by atoms with Crippen molar-refractivity contribution >= 4 is 34.5 Å². The van der Waals surface area contributed by atoms with E-state index in [0.717, 1.165) is 5.76 Å². The third-order valence-electron chi connectivity index (χ3n) is 4.30. The average molecular weight is 406 g/mol. The van der Waals surface area contributed by atoms with E-state index in [1.165, 1.54) is 19.6 Å². The van der Waals surface area contributed by atoms with Gasteiger partial charge in [-0.15, -0.1) is 0 Å². The molecule has 10 nitrogen and oxygen atoms in total. The lowest BCUT2D eigenvalue weighted by Crippen LogP contribution is -2.30. The zero-order valence-electron chi connectivity index (χ0n) is 16.0. The maximum absolute atomic E-state index is 12.7. The molecule has 3 aromatic heterocycles. The molecule has 0 radical (unpaired) electrons. The van der Waals surface area contributed by atoms with Crippen molar-refractivity contribution < 1.29 is 18.7 Å². The zero-order chi connectivity index (χ0) is 20.9. The molecule has 30 heavy (non-hydrogen) atoms. The van der Waals surface area contributed by atoms with Crippen LogP contribution < -0.4 is 10.6 Å². The molecular formula is C20H18N6O4. The number of hydrogen-bond donors (Lipinski definition) is 3. The Morgan fingerprint density at radius 3 is 2.87 bits per heavy atom. The van der Waals surface area contributed by atoms with Gasteiger partial charge < -0.3 is 24.8 Å². The molecule has 1 atom stereocenters. The molecule has 0 bridgehead atoms. The Morgan fingerprint density at radius 2 is 2.03 bits per heavy atom. The second-order valence-electron chi connectivity index (χ2n) is 6.34. The van der Waals surface area contributed by atoms with Crippen molar-refractivity contribution in [1.29, 1.82) is 0 Å². The number of benzene rings is 1. The number of amides is 1. The number of esters is 1. The minimum Gasteiger partial charge on any atom is -0.467 e. The quantitative estimate of drug-likeness (QED) is 0.399. The van der Waals surface area contributed by atoms with Crippen LogP contribution >= 0.6 is 0 Å². The molecule has 3 N–H and O–H groups in total. The molecule has 3 heterocycles. The fraction of sp³-hybridized carbons (Fsp3) is 0.150. The Kier molecular flexibility index (Phi) is 5.37. The molecular weight excluding hydrogens is 388 g/mol. The fourth-order valence-electron chi connectivity index (χ4n) is 2.77. The highest BCUT2D eigenvalue weighted by Crippen LogP contribution is 2.19. The summed E-state index contributed by atoms with van der Waals surface area (Å²) >= 11 is 0. The van der Waals surface area contributed by atoms with E-state index in [4.69, 9.17) is 9.15 Å². The number of fused-ring (bicyclic) bond motifs is 1. The Balaban J connectivity index is 1.42. The topological polar surface area (TPSA) is 135 Å². The number of imidazole rings is 1. The standard InChI is InChI=1S/C20H18N6O4/c1-12(19(27)26-18-16-17(23-10-22-16)24-11-25-18)30-20(28)14-6-2-3-7-15(14)21-9-13-5-4-8-29-13/h2-8,10-12,21H,9H2,1H3,(H2,22,23,24,25,26,27)/t12-/m1/s1. The first kappa shape index (κ1) is 19.1. The van der Waals surface area contributed by atoms with Crippen LogP contribution in [0.25, 0.3) is 11.2 Å². The Morgan fingerprint density at radius 1 is 1.17 bits per heavy atom. The molecule has 0 saturated heterocycles. The maximum atomic E-state index is 12.7. The second-order valence-corrected chi connectivity index (χ2v) is 6.34. The van der Waals surface area contributed by atoms with Crippen LogP contribution in [-0.4, -0.2) is 37.9 Å². The van der Waals surface area contributed by atoms with Crippen molar-refractivity contribution in [3.05, 3.63) is 66.6 Å². The Hall–Kier alpha value is -4.21. The Bertz CT molecular complexity index is 1170. The number of rotatable bonds is 7. The third kappa shape index (κ3) is 4.12. The molecule has 0 saturated carbocycles. The summed E-state index contributed by atoms with van der Waals surface area (Å²) in [7, 11) is 0. The van der Waals surface area contributed by atoms with Gasteiger partial charge in [0, 0.05) is 5.69 Å². The van der Waals surface area contributed by atoms with Gasteiger partial charge in [-0.25, -0.2) is 19.7 Å². The summed E-state index contributed by atoms with van der Waals surface area (Å²) in [5.74, 6) is -0.180. The number of anilines is 2. The van der Waals surface area contributed by atoms with Gasteiger partial charge in [-0.05, 0) is 31.2 Å². The van der Waals surface area contributed by atoms with Crippen LogP contribution in [0, 0.1) is 0 Å². The predicted molar refractivity (Wildman–Crippen MR) is 108 cm³/mol. The number of furan rings is 1. The first-order valence-corrected chi connectivity index (χ1v) is 9.13. The van der Waals surface area contributed by atoms with Gasteiger partial charge in [0.15, 0.2) is 17.6 Å². The van der Waals surface area contributed by atoms with Crippen LogP contribution in [-0.2, 0) is 16.1 Å². The van der Waals surface area contributed by atoms with Gasteiger partial charge in [0.05, 0.1) is 24.7 Å². The minimum atomic E-state index is -1.05. The highest BCUT2D eigenvalue weighted by molar-refractivity contribution is 6.01. The average Bonchev–Trinajstić information content (AvgIpc) is 3.44. The normalized spacial score (nSPS) is 11.8. The van der Waals surface area contributed by atoms with Gasteiger partial charge in [-0.2, -0.15) is 0 Å². The summed E-state index contributed by atoms with van der Waals surface area (Å²) in [6.45, 7) is 1.89. The summed E-state index contributed by atoms with van der Waals surface area (Å²) in [6.07, 6.45) is 3.26. The summed E-state index contributed by atoms with van der Waals surface area (Å²) in [4.78, 5) is 40.0. The molecule has 0 aliphatic rings. The minimum absolute atomic E-state index is 0.255. The predicted octanol–water partition coefficient (Wildman–Crippen LogP) is 2.74. The molecule has 1 aromatic carbocycles. The van der Waals surface area contributed by atoms with E-state index in [0.29, 0.717) is 29.0 Å².